The molecule has 8 aromatic carbocycles. The summed E-state index contributed by atoms with van der Waals surface area (Å²) in [6.07, 6.45) is 0. The molecule has 58 heavy (non-hydrogen) atoms. The highest BCUT2D eigenvalue weighted by Crippen LogP contribution is 2.55. The lowest BCUT2D eigenvalue weighted by Gasteiger charge is -2.41. The van der Waals surface area contributed by atoms with Crippen molar-refractivity contribution in [1.82, 2.24) is 15.0 Å². The molecule has 0 fully saturated rings. The van der Waals surface area contributed by atoms with Crippen LogP contribution in [0.5, 0.6) is 11.5 Å². The molecule has 1 aliphatic rings. The van der Waals surface area contributed by atoms with Crippen LogP contribution in [0.4, 0.5) is 5.69 Å². The summed E-state index contributed by atoms with van der Waals surface area (Å²) in [5.41, 5.74) is 11.3. The SMILES string of the molecule is [C-]#[N+]c1ccc(-c2nc(-c3ccc(-c4ccccc4)cc3)nc(-c3cccc(-c4ccc5c(c4)C(c4ccccc4)(c4ccccc4)c4ccccc4O5)c3)n2)cc1. The van der Waals surface area contributed by atoms with Crippen LogP contribution >= 0.6 is 0 Å². The molecule has 2 heterocycles. The Bertz CT molecular complexity index is 2920. The summed E-state index contributed by atoms with van der Waals surface area (Å²) < 4.78 is 6.67. The third-order valence-corrected chi connectivity index (χ3v) is 10.9. The molecule has 0 spiro atoms. The normalized spacial score (nSPS) is 12.4. The van der Waals surface area contributed by atoms with E-state index >= 15 is 0 Å². The van der Waals surface area contributed by atoms with E-state index in [0.29, 0.717) is 23.2 Å². The maximum Gasteiger partial charge on any atom is 0.187 e. The Balaban J connectivity index is 1.11. The van der Waals surface area contributed by atoms with Gasteiger partial charge in [-0.05, 0) is 57.6 Å². The van der Waals surface area contributed by atoms with Gasteiger partial charge < -0.3 is 4.74 Å². The van der Waals surface area contributed by atoms with Crippen LogP contribution in [0.25, 0.3) is 61.3 Å². The van der Waals surface area contributed by atoms with Crippen molar-refractivity contribution >= 4 is 5.69 Å². The Labute approximate surface area is 337 Å². The lowest BCUT2D eigenvalue weighted by molar-refractivity contribution is 0.434. The highest BCUT2D eigenvalue weighted by atomic mass is 16.5. The van der Waals surface area contributed by atoms with Crippen LogP contribution in [0.3, 0.4) is 0 Å². The molecule has 0 saturated heterocycles. The third-order valence-electron chi connectivity index (χ3n) is 10.9. The van der Waals surface area contributed by atoms with E-state index in [1.807, 2.05) is 42.5 Å². The van der Waals surface area contributed by atoms with Crippen molar-refractivity contribution in [3.8, 4) is 67.9 Å². The monoisotopic (exact) mass is 742 g/mol. The van der Waals surface area contributed by atoms with Gasteiger partial charge in [0, 0.05) is 27.8 Å². The predicted molar refractivity (Wildman–Crippen MR) is 232 cm³/mol. The van der Waals surface area contributed by atoms with Crippen molar-refractivity contribution in [2.75, 3.05) is 0 Å². The zero-order valence-corrected chi connectivity index (χ0v) is 31.3. The minimum Gasteiger partial charge on any atom is -0.457 e. The maximum atomic E-state index is 7.45. The Morgan fingerprint density at radius 2 is 0.810 bits per heavy atom. The molecular formula is C53H34N4O. The van der Waals surface area contributed by atoms with Gasteiger partial charge in [0.25, 0.3) is 0 Å². The fourth-order valence-electron chi connectivity index (χ4n) is 8.11. The first kappa shape index (κ1) is 34.5. The van der Waals surface area contributed by atoms with E-state index in [4.69, 9.17) is 26.3 Å². The lowest BCUT2D eigenvalue weighted by atomic mass is 9.63. The summed E-state index contributed by atoms with van der Waals surface area (Å²) in [4.78, 5) is 18.7. The second-order valence-corrected chi connectivity index (χ2v) is 14.3. The standard InChI is InChI=1S/C53H34N4O/c1-54-45-31-28-39(29-32-45)51-55-50(38-26-24-37(25-27-38)36-14-5-2-6-15-36)56-52(57-51)42-17-13-16-40(34-42)41-30-33-49-47(35-41)53(43-18-7-3-8-19-43,44-20-9-4-10-21-44)46-22-11-12-23-48(46)58-49/h2-35H. The van der Waals surface area contributed by atoms with Crippen LogP contribution in [0.1, 0.15) is 22.3 Å². The van der Waals surface area contributed by atoms with E-state index in [2.05, 4.69) is 157 Å². The van der Waals surface area contributed by atoms with Gasteiger partial charge in [0.1, 0.15) is 11.5 Å². The van der Waals surface area contributed by atoms with Crippen molar-refractivity contribution in [2.24, 2.45) is 0 Å². The molecule has 0 bridgehead atoms. The molecule has 5 nitrogen and oxygen atoms in total. The van der Waals surface area contributed by atoms with E-state index in [1.54, 1.807) is 12.1 Å². The van der Waals surface area contributed by atoms with E-state index in [1.165, 1.54) is 0 Å². The zero-order valence-electron chi connectivity index (χ0n) is 31.3. The smallest absolute Gasteiger partial charge is 0.187 e. The average Bonchev–Trinajstić information content (AvgIpc) is 3.31. The fourth-order valence-corrected chi connectivity index (χ4v) is 8.11. The van der Waals surface area contributed by atoms with Gasteiger partial charge in [0.15, 0.2) is 23.2 Å². The molecule has 0 radical (unpaired) electrons. The summed E-state index contributed by atoms with van der Waals surface area (Å²) in [5, 5.41) is 0. The maximum absolute atomic E-state index is 7.45. The first-order valence-corrected chi connectivity index (χ1v) is 19.2. The summed E-state index contributed by atoms with van der Waals surface area (Å²) in [5.74, 6) is 3.33. The molecule has 0 amide bonds. The molecule has 272 valence electrons. The van der Waals surface area contributed by atoms with E-state index in [9.17, 15) is 0 Å². The number of para-hydroxylation sites is 1. The van der Waals surface area contributed by atoms with Gasteiger partial charge in [0.2, 0.25) is 0 Å². The van der Waals surface area contributed by atoms with E-state index in [0.717, 1.165) is 72.7 Å². The first-order chi connectivity index (χ1) is 28.7. The molecule has 5 heteroatoms. The van der Waals surface area contributed by atoms with Crippen molar-refractivity contribution in [1.29, 1.82) is 0 Å². The third kappa shape index (κ3) is 6.10. The Hall–Kier alpha value is -7.94. The van der Waals surface area contributed by atoms with Gasteiger partial charge in [-0.3, -0.25) is 0 Å². The Kier molecular flexibility index (Phi) is 8.70. The van der Waals surface area contributed by atoms with Crippen LogP contribution < -0.4 is 4.74 Å². The first-order valence-electron chi connectivity index (χ1n) is 19.2. The van der Waals surface area contributed by atoms with Gasteiger partial charge in [-0.25, -0.2) is 19.8 Å². The van der Waals surface area contributed by atoms with Crippen LogP contribution in [0.15, 0.2) is 206 Å². The predicted octanol–water partition coefficient (Wildman–Crippen LogP) is 13.2. The number of nitrogens with zero attached hydrogens (tertiary/aromatic N) is 4. The number of rotatable bonds is 7. The number of benzene rings is 8. The molecule has 0 saturated carbocycles. The Morgan fingerprint density at radius 3 is 1.45 bits per heavy atom. The lowest BCUT2D eigenvalue weighted by Crippen LogP contribution is -2.34. The van der Waals surface area contributed by atoms with Gasteiger partial charge in [-0.2, -0.15) is 0 Å². The van der Waals surface area contributed by atoms with Crippen molar-refractivity contribution in [3.05, 3.63) is 240 Å². The topological polar surface area (TPSA) is 52.3 Å². The minimum absolute atomic E-state index is 0.536. The summed E-state index contributed by atoms with van der Waals surface area (Å²) in [7, 11) is 0. The molecule has 0 N–H and O–H groups in total. The number of aromatic nitrogens is 3. The molecule has 0 unspecified atom stereocenters. The molecule has 0 aliphatic carbocycles. The number of hydrogen-bond acceptors (Lipinski definition) is 4. The van der Waals surface area contributed by atoms with Crippen LogP contribution in [0.2, 0.25) is 0 Å². The van der Waals surface area contributed by atoms with Crippen LogP contribution in [-0.2, 0) is 5.41 Å². The molecule has 1 aliphatic heterocycles. The molecule has 1 aromatic heterocycles. The highest BCUT2D eigenvalue weighted by molar-refractivity contribution is 5.78. The summed E-state index contributed by atoms with van der Waals surface area (Å²) in [6, 6.07) is 70.7. The number of ether oxygens (including phenoxy) is 1. The van der Waals surface area contributed by atoms with Gasteiger partial charge in [0.05, 0.1) is 12.0 Å². The largest absolute Gasteiger partial charge is 0.457 e. The highest BCUT2D eigenvalue weighted by Gasteiger charge is 2.45. The molecule has 0 atom stereocenters. The Morgan fingerprint density at radius 1 is 0.362 bits per heavy atom. The average molecular weight is 743 g/mol. The van der Waals surface area contributed by atoms with Gasteiger partial charge in [-0.15, -0.1) is 0 Å². The molecular weight excluding hydrogens is 709 g/mol. The van der Waals surface area contributed by atoms with Gasteiger partial charge >= 0.3 is 0 Å². The van der Waals surface area contributed by atoms with Crippen LogP contribution in [0, 0.1) is 6.57 Å². The quantitative estimate of drug-likeness (QED) is 0.153. The summed E-state index contributed by atoms with van der Waals surface area (Å²) in [6.45, 7) is 7.45. The molecule has 10 rings (SSSR count). The van der Waals surface area contributed by atoms with Crippen LogP contribution in [-0.4, -0.2) is 15.0 Å². The van der Waals surface area contributed by atoms with Crippen molar-refractivity contribution in [2.45, 2.75) is 5.41 Å². The van der Waals surface area contributed by atoms with Crippen molar-refractivity contribution in [3.63, 3.8) is 0 Å². The summed E-state index contributed by atoms with van der Waals surface area (Å²) >= 11 is 0. The molecule has 9 aromatic rings. The second kappa shape index (κ2) is 14.6. The van der Waals surface area contributed by atoms with E-state index < -0.39 is 5.41 Å². The fraction of sp³-hybridized carbons (Fsp3) is 0.0189. The zero-order chi connectivity index (χ0) is 38.9. The number of fused-ring (bicyclic) bond motifs is 2. The minimum atomic E-state index is -0.628. The van der Waals surface area contributed by atoms with Gasteiger partial charge in [-0.1, -0.05) is 182 Å². The number of hydrogen-bond donors (Lipinski definition) is 0. The second-order valence-electron chi connectivity index (χ2n) is 14.3. The van der Waals surface area contributed by atoms with Crippen molar-refractivity contribution < 1.29 is 4.74 Å². The van der Waals surface area contributed by atoms with E-state index in [-0.39, 0.29) is 0 Å².